The topological polar surface area (TPSA) is 24.1 Å². The van der Waals surface area contributed by atoms with Crippen molar-refractivity contribution in [2.75, 3.05) is 5.32 Å². The lowest BCUT2D eigenvalue weighted by Gasteiger charge is -2.22. The molecule has 2 nitrogen and oxygen atoms in total. The van der Waals surface area contributed by atoms with Crippen molar-refractivity contribution in [3.63, 3.8) is 0 Å². The van der Waals surface area contributed by atoms with Gasteiger partial charge in [0.2, 0.25) is 0 Å². The second-order valence-electron chi connectivity index (χ2n) is 6.97. The third-order valence-corrected chi connectivity index (χ3v) is 5.59. The summed E-state index contributed by atoms with van der Waals surface area (Å²) in [4.78, 5) is 0. The van der Waals surface area contributed by atoms with E-state index in [1.807, 2.05) is 25.1 Å². The van der Waals surface area contributed by atoms with Gasteiger partial charge in [-0.15, -0.1) is 0 Å². The highest BCUT2D eigenvalue weighted by molar-refractivity contribution is 7.80. The smallest absolute Gasteiger partial charge is 0.171 e. The second-order valence-corrected chi connectivity index (χ2v) is 7.78. The fourth-order valence-electron chi connectivity index (χ4n) is 3.39. The van der Waals surface area contributed by atoms with E-state index in [2.05, 4.69) is 10.6 Å². The Morgan fingerprint density at radius 1 is 0.958 bits per heavy atom. The number of anilines is 1. The van der Waals surface area contributed by atoms with Crippen LogP contribution in [0.5, 0.6) is 0 Å². The summed E-state index contributed by atoms with van der Waals surface area (Å²) in [6, 6.07) is 6.38. The van der Waals surface area contributed by atoms with Crippen LogP contribution >= 0.6 is 23.8 Å². The van der Waals surface area contributed by atoms with Gasteiger partial charge in [-0.05, 0) is 49.7 Å². The van der Waals surface area contributed by atoms with Crippen LogP contribution in [-0.4, -0.2) is 11.2 Å². The van der Waals surface area contributed by atoms with Crippen molar-refractivity contribution in [1.82, 2.24) is 5.32 Å². The van der Waals surface area contributed by atoms with Crippen LogP contribution in [0.2, 0.25) is 5.02 Å². The molecule has 0 heterocycles. The lowest BCUT2D eigenvalue weighted by Crippen LogP contribution is -2.38. The molecule has 4 heteroatoms. The van der Waals surface area contributed by atoms with Crippen LogP contribution in [0.25, 0.3) is 0 Å². The van der Waals surface area contributed by atoms with E-state index in [9.17, 15) is 0 Å². The molecule has 1 aliphatic carbocycles. The highest BCUT2D eigenvalue weighted by atomic mass is 35.5. The minimum atomic E-state index is 0.490. The molecule has 0 atom stereocenters. The minimum absolute atomic E-state index is 0.490. The summed E-state index contributed by atoms with van der Waals surface area (Å²) in [5.74, 6) is 0. The van der Waals surface area contributed by atoms with Crippen molar-refractivity contribution in [3.8, 4) is 0 Å². The molecule has 0 amide bonds. The molecule has 0 spiro atoms. The average Bonchev–Trinajstić information content (AvgIpc) is 2.54. The predicted octanol–water partition coefficient (Wildman–Crippen LogP) is 6.61. The number of nitrogens with one attached hydrogen (secondary N) is 2. The fourth-order valence-corrected chi connectivity index (χ4v) is 3.85. The number of halogens is 1. The molecule has 2 rings (SSSR count). The summed E-state index contributed by atoms with van der Waals surface area (Å²) in [6.45, 7) is 2.02. The van der Waals surface area contributed by atoms with Gasteiger partial charge in [0.15, 0.2) is 5.11 Å². The zero-order valence-electron chi connectivity index (χ0n) is 14.9. The molecule has 1 saturated carbocycles. The van der Waals surface area contributed by atoms with Gasteiger partial charge in [0.25, 0.3) is 0 Å². The Morgan fingerprint density at radius 3 is 2.08 bits per heavy atom. The maximum absolute atomic E-state index is 6.19. The first-order valence-corrected chi connectivity index (χ1v) is 10.3. The Labute approximate surface area is 157 Å². The largest absolute Gasteiger partial charge is 0.360 e. The molecular weight excluding hydrogens is 336 g/mol. The molecule has 24 heavy (non-hydrogen) atoms. The van der Waals surface area contributed by atoms with E-state index in [1.165, 1.54) is 70.6 Å². The quantitative estimate of drug-likeness (QED) is 0.576. The van der Waals surface area contributed by atoms with Gasteiger partial charge in [-0.25, -0.2) is 0 Å². The van der Waals surface area contributed by atoms with E-state index >= 15 is 0 Å². The number of benzene rings is 1. The van der Waals surface area contributed by atoms with Crippen molar-refractivity contribution in [2.45, 2.75) is 83.6 Å². The van der Waals surface area contributed by atoms with Crippen LogP contribution in [0.3, 0.4) is 0 Å². The molecular formula is C20H31ClN2S. The lowest BCUT2D eigenvalue weighted by atomic mass is 9.98. The Kier molecular flexibility index (Phi) is 8.90. The Bertz CT molecular complexity index is 506. The van der Waals surface area contributed by atoms with Gasteiger partial charge in [-0.3, -0.25) is 0 Å². The van der Waals surface area contributed by atoms with Crippen LogP contribution in [0.15, 0.2) is 18.2 Å². The molecule has 134 valence electrons. The Hall–Kier alpha value is -0.800. The number of rotatable bonds is 2. The van der Waals surface area contributed by atoms with Crippen molar-refractivity contribution in [1.29, 1.82) is 0 Å². The van der Waals surface area contributed by atoms with Crippen LogP contribution in [-0.2, 0) is 0 Å². The third kappa shape index (κ3) is 6.98. The van der Waals surface area contributed by atoms with Crippen molar-refractivity contribution >= 4 is 34.6 Å². The molecule has 2 N–H and O–H groups in total. The van der Waals surface area contributed by atoms with Gasteiger partial charge in [-0.2, -0.15) is 0 Å². The van der Waals surface area contributed by atoms with Gasteiger partial charge in [0, 0.05) is 16.8 Å². The number of hydrogen-bond donors (Lipinski definition) is 2. The van der Waals surface area contributed by atoms with Crippen molar-refractivity contribution in [3.05, 3.63) is 28.8 Å². The van der Waals surface area contributed by atoms with Gasteiger partial charge < -0.3 is 10.6 Å². The molecule has 0 saturated heterocycles. The van der Waals surface area contributed by atoms with Gasteiger partial charge in [0.1, 0.15) is 0 Å². The molecule has 1 fully saturated rings. The van der Waals surface area contributed by atoms with E-state index in [0.717, 1.165) is 21.4 Å². The predicted molar refractivity (Wildman–Crippen MR) is 110 cm³/mol. The minimum Gasteiger partial charge on any atom is -0.360 e. The van der Waals surface area contributed by atoms with Gasteiger partial charge in [-0.1, -0.05) is 75.5 Å². The second kappa shape index (κ2) is 10.9. The fraction of sp³-hybridized carbons (Fsp3) is 0.650. The van der Waals surface area contributed by atoms with E-state index in [4.69, 9.17) is 23.8 Å². The standard InChI is InChI=1S/C20H31ClN2S/c1-16-18(21)14-11-15-19(16)23-20(24)22-17-12-9-7-5-3-2-4-6-8-10-13-17/h11,14-15,17H,2-10,12-13H2,1H3,(H2,22,23,24). The lowest BCUT2D eigenvalue weighted by molar-refractivity contribution is 0.444. The summed E-state index contributed by atoms with van der Waals surface area (Å²) in [5, 5.41) is 8.36. The highest BCUT2D eigenvalue weighted by Gasteiger charge is 2.12. The normalized spacial score (nSPS) is 18.2. The van der Waals surface area contributed by atoms with Crippen LogP contribution in [0, 0.1) is 6.92 Å². The zero-order chi connectivity index (χ0) is 17.2. The first-order valence-electron chi connectivity index (χ1n) is 9.49. The monoisotopic (exact) mass is 366 g/mol. The zero-order valence-corrected chi connectivity index (χ0v) is 16.4. The third-order valence-electron chi connectivity index (χ3n) is 4.96. The van der Waals surface area contributed by atoms with E-state index in [1.54, 1.807) is 0 Å². The average molecular weight is 367 g/mol. The molecule has 0 aliphatic heterocycles. The van der Waals surface area contributed by atoms with Crippen LogP contribution < -0.4 is 10.6 Å². The molecule has 0 unspecified atom stereocenters. The maximum Gasteiger partial charge on any atom is 0.171 e. The number of hydrogen-bond acceptors (Lipinski definition) is 1. The molecule has 1 aromatic rings. The first-order chi connectivity index (χ1) is 11.7. The molecule has 0 bridgehead atoms. The summed E-state index contributed by atoms with van der Waals surface area (Å²) < 4.78 is 0. The summed E-state index contributed by atoms with van der Waals surface area (Å²) >= 11 is 11.7. The van der Waals surface area contributed by atoms with E-state index in [-0.39, 0.29) is 0 Å². The van der Waals surface area contributed by atoms with E-state index in [0.29, 0.717) is 6.04 Å². The summed E-state index contributed by atoms with van der Waals surface area (Å²) in [6.07, 6.45) is 14.8. The van der Waals surface area contributed by atoms with Crippen LogP contribution in [0.1, 0.15) is 76.2 Å². The van der Waals surface area contributed by atoms with Crippen LogP contribution in [0.4, 0.5) is 5.69 Å². The SMILES string of the molecule is Cc1c(Cl)cccc1NC(=S)NC1CCCCCCCCCCC1. The van der Waals surface area contributed by atoms with Gasteiger partial charge >= 0.3 is 0 Å². The maximum atomic E-state index is 6.19. The highest BCUT2D eigenvalue weighted by Crippen LogP contribution is 2.23. The summed E-state index contributed by atoms with van der Waals surface area (Å²) in [7, 11) is 0. The summed E-state index contributed by atoms with van der Waals surface area (Å²) in [5.41, 5.74) is 2.04. The van der Waals surface area contributed by atoms with Crippen molar-refractivity contribution < 1.29 is 0 Å². The number of thiocarbonyl (C=S) groups is 1. The van der Waals surface area contributed by atoms with E-state index < -0.39 is 0 Å². The first kappa shape index (κ1) is 19.5. The molecule has 1 aromatic carbocycles. The Balaban J connectivity index is 1.85. The molecule has 0 radical (unpaired) electrons. The molecule has 0 aromatic heterocycles. The van der Waals surface area contributed by atoms with Crippen molar-refractivity contribution in [2.24, 2.45) is 0 Å². The molecule has 1 aliphatic rings. The Morgan fingerprint density at radius 2 is 1.50 bits per heavy atom. The van der Waals surface area contributed by atoms with Gasteiger partial charge in [0.05, 0.1) is 0 Å².